The maximum absolute atomic E-state index is 11.2. The molecule has 0 amide bonds. The molecule has 2 aromatic rings. The zero-order valence-corrected chi connectivity index (χ0v) is 11.3. The summed E-state index contributed by atoms with van der Waals surface area (Å²) < 4.78 is 7.49. The van der Waals surface area contributed by atoms with E-state index in [4.69, 9.17) is 4.74 Å². The Morgan fingerprint density at radius 1 is 1.44 bits per heavy atom. The van der Waals surface area contributed by atoms with Crippen LogP contribution >= 0.6 is 15.9 Å². The highest BCUT2D eigenvalue weighted by Gasteiger charge is 2.14. The molecule has 4 nitrogen and oxygen atoms in total. The standard InChI is InChI=1S/C13H12BrNO3/c1-18-8-9-4-2-3-5-11(9)15-7-10(14)6-12(15)13(16)17/h2-7H,8H2,1H3,(H,16,17). The van der Waals surface area contributed by atoms with E-state index in [0.717, 1.165) is 15.7 Å². The molecule has 1 aromatic carbocycles. The van der Waals surface area contributed by atoms with Crippen molar-refractivity contribution in [3.63, 3.8) is 0 Å². The Hall–Kier alpha value is -1.59. The number of carboxylic acid groups (broad SMARTS) is 1. The first kappa shape index (κ1) is 12.9. The molecular formula is C13H12BrNO3. The third-order valence-electron chi connectivity index (χ3n) is 2.56. The number of aromatic carboxylic acids is 1. The van der Waals surface area contributed by atoms with Crippen LogP contribution in [0.25, 0.3) is 5.69 Å². The highest BCUT2D eigenvalue weighted by molar-refractivity contribution is 9.10. The van der Waals surface area contributed by atoms with Gasteiger partial charge in [0.2, 0.25) is 0 Å². The molecule has 0 aliphatic heterocycles. The minimum absolute atomic E-state index is 0.213. The van der Waals surface area contributed by atoms with Gasteiger partial charge in [-0.15, -0.1) is 0 Å². The van der Waals surface area contributed by atoms with Gasteiger partial charge in [-0.25, -0.2) is 4.79 Å². The molecule has 2 rings (SSSR count). The van der Waals surface area contributed by atoms with Crippen LogP contribution < -0.4 is 0 Å². The van der Waals surface area contributed by atoms with Gasteiger partial charge < -0.3 is 14.4 Å². The maximum atomic E-state index is 11.2. The number of hydrogen-bond donors (Lipinski definition) is 1. The molecular weight excluding hydrogens is 298 g/mol. The molecule has 0 atom stereocenters. The van der Waals surface area contributed by atoms with Crippen molar-refractivity contribution in [1.82, 2.24) is 4.57 Å². The summed E-state index contributed by atoms with van der Waals surface area (Å²) in [6.45, 7) is 0.436. The lowest BCUT2D eigenvalue weighted by Crippen LogP contribution is -2.08. The lowest BCUT2D eigenvalue weighted by atomic mass is 10.2. The van der Waals surface area contributed by atoms with Crippen LogP contribution in [0.3, 0.4) is 0 Å². The lowest BCUT2D eigenvalue weighted by Gasteiger charge is -2.11. The SMILES string of the molecule is COCc1ccccc1-n1cc(Br)cc1C(=O)O. The summed E-state index contributed by atoms with van der Waals surface area (Å²) in [6.07, 6.45) is 1.73. The highest BCUT2D eigenvalue weighted by Crippen LogP contribution is 2.23. The number of carboxylic acids is 1. The maximum Gasteiger partial charge on any atom is 0.352 e. The van der Waals surface area contributed by atoms with Gasteiger partial charge in [0.1, 0.15) is 5.69 Å². The molecule has 0 unspecified atom stereocenters. The summed E-state index contributed by atoms with van der Waals surface area (Å²) in [7, 11) is 1.61. The molecule has 0 aliphatic carbocycles. The van der Waals surface area contributed by atoms with E-state index in [-0.39, 0.29) is 5.69 Å². The number of hydrogen-bond acceptors (Lipinski definition) is 2. The summed E-state index contributed by atoms with van der Waals surface area (Å²) in [5.41, 5.74) is 1.96. The third kappa shape index (κ3) is 2.47. The van der Waals surface area contributed by atoms with Crippen LogP contribution in [0.15, 0.2) is 41.0 Å². The fourth-order valence-corrected chi connectivity index (χ4v) is 2.24. The van der Waals surface area contributed by atoms with Gasteiger partial charge in [0, 0.05) is 23.3 Å². The molecule has 0 radical (unpaired) electrons. The van der Waals surface area contributed by atoms with Gasteiger partial charge >= 0.3 is 5.97 Å². The highest BCUT2D eigenvalue weighted by atomic mass is 79.9. The van der Waals surface area contributed by atoms with Gasteiger partial charge in [-0.05, 0) is 28.1 Å². The van der Waals surface area contributed by atoms with Crippen molar-refractivity contribution in [2.45, 2.75) is 6.61 Å². The molecule has 1 heterocycles. The van der Waals surface area contributed by atoms with Gasteiger partial charge in [-0.3, -0.25) is 0 Å². The fourth-order valence-electron chi connectivity index (χ4n) is 1.82. The Kier molecular flexibility index (Phi) is 3.84. The van der Waals surface area contributed by atoms with Crippen molar-refractivity contribution in [2.75, 3.05) is 7.11 Å². The lowest BCUT2D eigenvalue weighted by molar-refractivity contribution is 0.0688. The van der Waals surface area contributed by atoms with Crippen LogP contribution in [0.5, 0.6) is 0 Å². The van der Waals surface area contributed by atoms with Crippen LogP contribution in [0.1, 0.15) is 16.1 Å². The molecule has 1 aromatic heterocycles. The summed E-state index contributed by atoms with van der Waals surface area (Å²) in [5, 5.41) is 9.19. The summed E-state index contributed by atoms with van der Waals surface area (Å²) in [6, 6.07) is 9.13. The average molecular weight is 310 g/mol. The van der Waals surface area contributed by atoms with E-state index in [9.17, 15) is 9.90 Å². The summed E-state index contributed by atoms with van der Waals surface area (Å²) >= 11 is 3.30. The van der Waals surface area contributed by atoms with Crippen molar-refractivity contribution < 1.29 is 14.6 Å². The zero-order valence-electron chi connectivity index (χ0n) is 9.76. The van der Waals surface area contributed by atoms with E-state index < -0.39 is 5.97 Å². The van der Waals surface area contributed by atoms with Crippen molar-refractivity contribution in [3.05, 3.63) is 52.3 Å². The normalized spacial score (nSPS) is 10.6. The second-order valence-electron chi connectivity index (χ2n) is 3.78. The summed E-state index contributed by atoms with van der Waals surface area (Å²) in [5.74, 6) is -0.965. The Labute approximate surface area is 113 Å². The van der Waals surface area contributed by atoms with E-state index >= 15 is 0 Å². The number of nitrogens with zero attached hydrogens (tertiary/aromatic N) is 1. The van der Waals surface area contributed by atoms with Crippen molar-refractivity contribution in [2.24, 2.45) is 0 Å². The molecule has 18 heavy (non-hydrogen) atoms. The van der Waals surface area contributed by atoms with Gasteiger partial charge in [-0.1, -0.05) is 18.2 Å². The van der Waals surface area contributed by atoms with Gasteiger partial charge in [-0.2, -0.15) is 0 Å². The van der Waals surface area contributed by atoms with E-state index in [0.29, 0.717) is 6.61 Å². The molecule has 0 saturated heterocycles. The largest absolute Gasteiger partial charge is 0.477 e. The second kappa shape index (κ2) is 5.37. The van der Waals surface area contributed by atoms with Crippen molar-refractivity contribution >= 4 is 21.9 Å². The number of aromatic nitrogens is 1. The first-order chi connectivity index (χ1) is 8.63. The molecule has 94 valence electrons. The minimum atomic E-state index is -0.965. The molecule has 0 bridgehead atoms. The Morgan fingerprint density at radius 2 is 2.17 bits per heavy atom. The second-order valence-corrected chi connectivity index (χ2v) is 4.70. The minimum Gasteiger partial charge on any atom is -0.477 e. The first-order valence-electron chi connectivity index (χ1n) is 5.32. The predicted molar refractivity (Wildman–Crippen MR) is 71.1 cm³/mol. The first-order valence-corrected chi connectivity index (χ1v) is 6.11. The molecule has 1 N–H and O–H groups in total. The molecule has 5 heteroatoms. The van der Waals surface area contributed by atoms with Crippen LogP contribution in [-0.4, -0.2) is 22.8 Å². The summed E-state index contributed by atoms with van der Waals surface area (Å²) in [4.78, 5) is 11.2. The number of carbonyl (C=O) groups is 1. The van der Waals surface area contributed by atoms with Crippen LogP contribution in [0.2, 0.25) is 0 Å². The number of halogens is 1. The average Bonchev–Trinajstić information content (AvgIpc) is 2.72. The predicted octanol–water partition coefficient (Wildman–Crippen LogP) is 3.08. The van der Waals surface area contributed by atoms with Crippen LogP contribution in [-0.2, 0) is 11.3 Å². The topological polar surface area (TPSA) is 51.5 Å². The Balaban J connectivity index is 2.58. The number of rotatable bonds is 4. The number of benzene rings is 1. The Bertz CT molecular complexity index is 577. The smallest absolute Gasteiger partial charge is 0.352 e. The van der Waals surface area contributed by atoms with Gasteiger partial charge in [0.05, 0.1) is 12.3 Å². The Morgan fingerprint density at radius 3 is 2.83 bits per heavy atom. The van der Waals surface area contributed by atoms with Crippen molar-refractivity contribution in [3.8, 4) is 5.69 Å². The molecule has 0 saturated carbocycles. The quantitative estimate of drug-likeness (QED) is 0.944. The van der Waals surface area contributed by atoms with Gasteiger partial charge in [0.15, 0.2) is 0 Å². The molecule has 0 aliphatic rings. The van der Waals surface area contributed by atoms with Crippen LogP contribution in [0, 0.1) is 0 Å². The number of ether oxygens (including phenoxy) is 1. The monoisotopic (exact) mass is 309 g/mol. The molecule has 0 fully saturated rings. The van der Waals surface area contributed by atoms with Gasteiger partial charge in [0.25, 0.3) is 0 Å². The van der Waals surface area contributed by atoms with E-state index in [2.05, 4.69) is 15.9 Å². The number of methoxy groups -OCH3 is 1. The van der Waals surface area contributed by atoms with Crippen molar-refractivity contribution in [1.29, 1.82) is 0 Å². The third-order valence-corrected chi connectivity index (χ3v) is 2.99. The number of para-hydroxylation sites is 1. The van der Waals surface area contributed by atoms with Crippen LogP contribution in [0.4, 0.5) is 0 Å². The zero-order chi connectivity index (χ0) is 13.1. The fraction of sp³-hybridized carbons (Fsp3) is 0.154. The van der Waals surface area contributed by atoms with E-state index in [1.807, 2.05) is 24.3 Å². The van der Waals surface area contributed by atoms with E-state index in [1.54, 1.807) is 23.9 Å². The molecule has 0 spiro atoms. The van der Waals surface area contributed by atoms with E-state index in [1.165, 1.54) is 0 Å².